The van der Waals surface area contributed by atoms with E-state index in [4.69, 9.17) is 10.5 Å². The van der Waals surface area contributed by atoms with Crippen LogP contribution in [0.2, 0.25) is 0 Å². The fraction of sp³-hybridized carbons (Fsp3) is 1.00. The van der Waals surface area contributed by atoms with Crippen molar-refractivity contribution in [2.24, 2.45) is 5.73 Å². The van der Waals surface area contributed by atoms with Crippen LogP contribution in [0.25, 0.3) is 0 Å². The number of rotatable bonds is 3. The van der Waals surface area contributed by atoms with E-state index in [0.717, 1.165) is 25.9 Å². The Morgan fingerprint density at radius 3 is 2.93 bits per heavy atom. The summed E-state index contributed by atoms with van der Waals surface area (Å²) in [6.07, 6.45) is 4.04. The molecule has 0 aromatic rings. The van der Waals surface area contributed by atoms with Gasteiger partial charge in [0.15, 0.2) is 0 Å². The molecule has 1 aliphatic heterocycles. The third-order valence-corrected chi connectivity index (χ3v) is 3.17. The summed E-state index contributed by atoms with van der Waals surface area (Å²) < 4.78 is 19.4. The van der Waals surface area contributed by atoms with E-state index in [-0.39, 0.29) is 12.3 Å². The zero-order valence-electron chi connectivity index (χ0n) is 8.47. The van der Waals surface area contributed by atoms with E-state index in [2.05, 4.69) is 5.32 Å². The van der Waals surface area contributed by atoms with Crippen LogP contribution in [0.1, 0.15) is 32.1 Å². The van der Waals surface area contributed by atoms with Crippen molar-refractivity contribution >= 4 is 0 Å². The summed E-state index contributed by atoms with van der Waals surface area (Å²) >= 11 is 0. The van der Waals surface area contributed by atoms with Gasteiger partial charge in [-0.1, -0.05) is 0 Å². The van der Waals surface area contributed by atoms with E-state index in [9.17, 15) is 4.39 Å². The molecule has 1 saturated heterocycles. The maximum absolute atomic E-state index is 14.0. The molecular formula is C10H19FN2O. The highest BCUT2D eigenvalue weighted by Gasteiger charge is 2.38. The molecule has 1 heterocycles. The lowest BCUT2D eigenvalue weighted by atomic mass is 10.0. The molecule has 4 heteroatoms. The Bertz CT molecular complexity index is 197. The molecule has 3 unspecified atom stereocenters. The first-order valence-corrected chi connectivity index (χ1v) is 5.47. The van der Waals surface area contributed by atoms with Crippen molar-refractivity contribution in [2.45, 2.75) is 50.0 Å². The van der Waals surface area contributed by atoms with Crippen LogP contribution in [0.4, 0.5) is 4.39 Å². The molecule has 3 nitrogen and oxygen atoms in total. The van der Waals surface area contributed by atoms with Crippen molar-refractivity contribution in [3.8, 4) is 0 Å². The lowest BCUT2D eigenvalue weighted by molar-refractivity contribution is 0.0614. The predicted octanol–water partition coefficient (Wildman–Crippen LogP) is 0.932. The summed E-state index contributed by atoms with van der Waals surface area (Å²) in [5, 5.41) is 3.13. The van der Waals surface area contributed by atoms with Gasteiger partial charge in [0.05, 0.1) is 0 Å². The van der Waals surface area contributed by atoms with Crippen LogP contribution >= 0.6 is 0 Å². The Balaban J connectivity index is 1.73. The molecule has 0 bridgehead atoms. The summed E-state index contributed by atoms with van der Waals surface area (Å²) in [5.74, 6) is 0. The molecule has 0 aromatic heterocycles. The first-order chi connectivity index (χ1) is 6.68. The molecule has 82 valence electrons. The number of nitrogens with one attached hydrogen (secondary N) is 1. The van der Waals surface area contributed by atoms with Crippen LogP contribution in [0.15, 0.2) is 0 Å². The van der Waals surface area contributed by atoms with Gasteiger partial charge in [0.1, 0.15) is 11.9 Å². The molecule has 14 heavy (non-hydrogen) atoms. The van der Waals surface area contributed by atoms with Gasteiger partial charge >= 0.3 is 0 Å². The van der Waals surface area contributed by atoms with Crippen LogP contribution in [0.3, 0.4) is 0 Å². The second kappa shape index (κ2) is 4.13. The molecule has 3 atom stereocenters. The van der Waals surface area contributed by atoms with Crippen LogP contribution in [-0.4, -0.2) is 31.1 Å². The Kier molecular flexibility index (Phi) is 3.04. The summed E-state index contributed by atoms with van der Waals surface area (Å²) in [7, 11) is 0. The van der Waals surface area contributed by atoms with Gasteiger partial charge < -0.3 is 10.5 Å². The molecule has 0 aromatic carbocycles. The minimum absolute atomic E-state index is 0.0475. The number of hydrogen-bond donors (Lipinski definition) is 2. The number of hydrogen-bond acceptors (Lipinski definition) is 3. The van der Waals surface area contributed by atoms with Gasteiger partial charge in [-0.05, 0) is 32.1 Å². The van der Waals surface area contributed by atoms with E-state index < -0.39 is 5.67 Å². The molecule has 3 N–H and O–H groups in total. The summed E-state index contributed by atoms with van der Waals surface area (Å²) in [4.78, 5) is 0. The zero-order chi connectivity index (χ0) is 10.0. The van der Waals surface area contributed by atoms with Gasteiger partial charge in [-0.15, -0.1) is 0 Å². The zero-order valence-corrected chi connectivity index (χ0v) is 8.47. The van der Waals surface area contributed by atoms with Gasteiger partial charge in [-0.3, -0.25) is 5.32 Å². The van der Waals surface area contributed by atoms with Gasteiger partial charge in [-0.2, -0.15) is 0 Å². The third-order valence-electron chi connectivity index (χ3n) is 3.17. The highest BCUT2D eigenvalue weighted by molar-refractivity contribution is 4.93. The standard InChI is InChI=1S/C10H19FN2O/c11-10(4-3-8(12)6-10)7-13-9-2-1-5-14-9/h8-9,13H,1-7,12H2. The lowest BCUT2D eigenvalue weighted by Gasteiger charge is -2.22. The SMILES string of the molecule is NC1CCC(F)(CNC2CCCO2)C1. The van der Waals surface area contributed by atoms with Gasteiger partial charge in [-0.25, -0.2) is 4.39 Å². The quantitative estimate of drug-likeness (QED) is 0.715. The Hall–Kier alpha value is -0.190. The molecule has 2 aliphatic rings. The molecule has 2 fully saturated rings. The summed E-state index contributed by atoms with van der Waals surface area (Å²) in [6, 6.07) is 0.0475. The first kappa shape index (κ1) is 10.3. The van der Waals surface area contributed by atoms with Crippen molar-refractivity contribution in [1.29, 1.82) is 0 Å². The van der Waals surface area contributed by atoms with Crippen LogP contribution in [0, 0.1) is 0 Å². The van der Waals surface area contributed by atoms with Crippen molar-refractivity contribution in [2.75, 3.05) is 13.2 Å². The van der Waals surface area contributed by atoms with Crippen molar-refractivity contribution in [3.63, 3.8) is 0 Å². The van der Waals surface area contributed by atoms with Gasteiger partial charge in [0.25, 0.3) is 0 Å². The van der Waals surface area contributed by atoms with Gasteiger partial charge in [0, 0.05) is 19.2 Å². The average molecular weight is 202 g/mol. The highest BCUT2D eigenvalue weighted by atomic mass is 19.1. The van der Waals surface area contributed by atoms with E-state index in [1.54, 1.807) is 0 Å². The minimum atomic E-state index is -1.09. The second-order valence-corrected chi connectivity index (χ2v) is 4.54. The fourth-order valence-electron chi connectivity index (χ4n) is 2.31. The predicted molar refractivity (Wildman–Crippen MR) is 52.6 cm³/mol. The molecule has 1 aliphatic carbocycles. The molecular weight excluding hydrogens is 183 g/mol. The largest absolute Gasteiger partial charge is 0.363 e. The van der Waals surface area contributed by atoms with Crippen LogP contribution in [-0.2, 0) is 4.74 Å². The highest BCUT2D eigenvalue weighted by Crippen LogP contribution is 2.32. The van der Waals surface area contributed by atoms with E-state index in [1.807, 2.05) is 0 Å². The molecule has 0 amide bonds. The normalized spacial score (nSPS) is 43.3. The number of nitrogens with two attached hydrogens (primary N) is 1. The molecule has 0 radical (unpaired) electrons. The molecule has 2 rings (SSSR count). The van der Waals surface area contributed by atoms with E-state index >= 15 is 0 Å². The third kappa shape index (κ3) is 2.43. The van der Waals surface area contributed by atoms with Gasteiger partial charge in [0.2, 0.25) is 0 Å². The summed E-state index contributed by atoms with van der Waals surface area (Å²) in [5.41, 5.74) is 4.60. The van der Waals surface area contributed by atoms with Crippen LogP contribution in [0.5, 0.6) is 0 Å². The van der Waals surface area contributed by atoms with Crippen LogP contribution < -0.4 is 11.1 Å². The molecule has 1 saturated carbocycles. The smallest absolute Gasteiger partial charge is 0.125 e. The monoisotopic (exact) mass is 202 g/mol. The second-order valence-electron chi connectivity index (χ2n) is 4.54. The van der Waals surface area contributed by atoms with E-state index in [1.165, 1.54) is 0 Å². The Labute approximate surface area is 84.2 Å². The van der Waals surface area contributed by atoms with Crippen molar-refractivity contribution in [3.05, 3.63) is 0 Å². The number of ether oxygens (including phenoxy) is 1. The number of alkyl halides is 1. The average Bonchev–Trinajstić information content (AvgIpc) is 2.73. The number of halogens is 1. The summed E-state index contributed by atoms with van der Waals surface area (Å²) in [6.45, 7) is 1.20. The Morgan fingerprint density at radius 1 is 1.50 bits per heavy atom. The maximum atomic E-state index is 14.0. The van der Waals surface area contributed by atoms with Crippen molar-refractivity contribution in [1.82, 2.24) is 5.32 Å². The fourth-order valence-corrected chi connectivity index (χ4v) is 2.31. The maximum Gasteiger partial charge on any atom is 0.125 e. The minimum Gasteiger partial charge on any atom is -0.363 e. The van der Waals surface area contributed by atoms with E-state index in [0.29, 0.717) is 19.4 Å². The first-order valence-electron chi connectivity index (χ1n) is 5.47. The topological polar surface area (TPSA) is 47.3 Å². The van der Waals surface area contributed by atoms with Crippen molar-refractivity contribution < 1.29 is 9.13 Å². The molecule has 0 spiro atoms. The Morgan fingerprint density at radius 2 is 2.36 bits per heavy atom. The lowest BCUT2D eigenvalue weighted by Crippen LogP contribution is -2.40.